The molecule has 1 aromatic carbocycles. The van der Waals surface area contributed by atoms with Gasteiger partial charge in [0.05, 0.1) is 19.9 Å². The van der Waals surface area contributed by atoms with Gasteiger partial charge >= 0.3 is 0 Å². The molecule has 0 saturated carbocycles. The molecule has 1 aromatic heterocycles. The van der Waals surface area contributed by atoms with Crippen LogP contribution in [0.4, 0.5) is 0 Å². The van der Waals surface area contributed by atoms with Crippen LogP contribution in [0.5, 0.6) is 11.5 Å². The molecular formula is C15H19NO2. The zero-order chi connectivity index (χ0) is 13.3. The molecule has 18 heavy (non-hydrogen) atoms. The van der Waals surface area contributed by atoms with Crippen molar-refractivity contribution in [3.8, 4) is 11.5 Å². The van der Waals surface area contributed by atoms with Gasteiger partial charge in [-0.25, -0.2) is 0 Å². The quantitative estimate of drug-likeness (QED) is 0.810. The lowest BCUT2D eigenvalue weighted by atomic mass is 9.88. The number of aromatic nitrogens is 1. The first kappa shape index (κ1) is 12.7. The summed E-state index contributed by atoms with van der Waals surface area (Å²) >= 11 is 0. The van der Waals surface area contributed by atoms with E-state index in [1.54, 1.807) is 14.2 Å². The van der Waals surface area contributed by atoms with E-state index in [0.29, 0.717) is 0 Å². The molecule has 2 rings (SSSR count). The molecule has 0 amide bonds. The van der Waals surface area contributed by atoms with E-state index >= 15 is 0 Å². The Hall–Kier alpha value is -1.77. The predicted octanol–water partition coefficient (Wildman–Crippen LogP) is 3.55. The van der Waals surface area contributed by atoms with E-state index in [0.717, 1.165) is 28.0 Å². The number of hydrogen-bond acceptors (Lipinski definition) is 3. The van der Waals surface area contributed by atoms with Gasteiger partial charge in [-0.2, -0.15) is 0 Å². The Morgan fingerprint density at radius 3 is 2.17 bits per heavy atom. The molecule has 0 aliphatic heterocycles. The third-order valence-corrected chi connectivity index (χ3v) is 2.98. The minimum absolute atomic E-state index is 0.000883. The number of hydrogen-bond donors (Lipinski definition) is 0. The van der Waals surface area contributed by atoms with Crippen molar-refractivity contribution in [3.05, 3.63) is 30.1 Å². The third kappa shape index (κ3) is 2.13. The van der Waals surface area contributed by atoms with Crippen LogP contribution in [0.15, 0.2) is 24.4 Å². The van der Waals surface area contributed by atoms with Gasteiger partial charge in [0, 0.05) is 17.0 Å². The van der Waals surface area contributed by atoms with Crippen molar-refractivity contribution >= 4 is 10.8 Å². The molecule has 0 bridgehead atoms. The Morgan fingerprint density at radius 2 is 1.61 bits per heavy atom. The summed E-state index contributed by atoms with van der Waals surface area (Å²) in [4.78, 5) is 4.51. The average molecular weight is 245 g/mol. The van der Waals surface area contributed by atoms with Crippen LogP contribution in [0.25, 0.3) is 10.8 Å². The number of fused-ring (bicyclic) bond motifs is 1. The molecule has 0 N–H and O–H groups in total. The molecule has 0 saturated heterocycles. The predicted molar refractivity (Wildman–Crippen MR) is 73.5 cm³/mol. The molecular weight excluding hydrogens is 226 g/mol. The molecule has 3 heteroatoms. The fraction of sp³-hybridized carbons (Fsp3) is 0.400. The Bertz CT molecular complexity index is 570. The fourth-order valence-corrected chi connectivity index (χ4v) is 2.10. The second-order valence-corrected chi connectivity index (χ2v) is 5.34. The lowest BCUT2D eigenvalue weighted by molar-refractivity contribution is 0.356. The highest BCUT2D eigenvalue weighted by Crippen LogP contribution is 2.36. The summed E-state index contributed by atoms with van der Waals surface area (Å²) in [6, 6.07) is 5.99. The van der Waals surface area contributed by atoms with Gasteiger partial charge in [-0.3, -0.25) is 4.98 Å². The highest BCUT2D eigenvalue weighted by molar-refractivity contribution is 5.88. The van der Waals surface area contributed by atoms with E-state index in [1.807, 2.05) is 24.4 Å². The van der Waals surface area contributed by atoms with Gasteiger partial charge in [0.15, 0.2) is 11.5 Å². The molecule has 0 spiro atoms. The van der Waals surface area contributed by atoms with Gasteiger partial charge in [0.1, 0.15) is 0 Å². The smallest absolute Gasteiger partial charge is 0.161 e. The summed E-state index contributed by atoms with van der Waals surface area (Å²) in [5.74, 6) is 1.49. The van der Waals surface area contributed by atoms with Gasteiger partial charge < -0.3 is 9.47 Å². The average Bonchev–Trinajstić information content (AvgIpc) is 2.35. The Kier molecular flexibility index (Phi) is 3.16. The molecule has 0 atom stereocenters. The largest absolute Gasteiger partial charge is 0.493 e. The second-order valence-electron chi connectivity index (χ2n) is 5.34. The summed E-state index contributed by atoms with van der Waals surface area (Å²) in [5, 5.41) is 2.23. The second kappa shape index (κ2) is 4.48. The SMILES string of the molecule is COc1cc2ccnc(C(C)(C)C)c2cc1OC. The monoisotopic (exact) mass is 245 g/mol. The summed E-state index contributed by atoms with van der Waals surface area (Å²) < 4.78 is 10.7. The number of methoxy groups -OCH3 is 2. The van der Waals surface area contributed by atoms with Crippen LogP contribution >= 0.6 is 0 Å². The van der Waals surface area contributed by atoms with Gasteiger partial charge in [0.25, 0.3) is 0 Å². The van der Waals surface area contributed by atoms with E-state index in [1.165, 1.54) is 0 Å². The van der Waals surface area contributed by atoms with E-state index in [-0.39, 0.29) is 5.41 Å². The first-order chi connectivity index (χ1) is 8.47. The summed E-state index contributed by atoms with van der Waals surface area (Å²) in [7, 11) is 3.30. The molecule has 0 unspecified atom stereocenters. The van der Waals surface area contributed by atoms with Crippen molar-refractivity contribution in [2.75, 3.05) is 14.2 Å². The van der Waals surface area contributed by atoms with E-state index in [9.17, 15) is 0 Å². The maximum absolute atomic E-state index is 5.36. The van der Waals surface area contributed by atoms with E-state index in [4.69, 9.17) is 9.47 Å². The third-order valence-electron chi connectivity index (χ3n) is 2.98. The van der Waals surface area contributed by atoms with Crippen LogP contribution in [0, 0.1) is 0 Å². The maximum atomic E-state index is 5.36. The van der Waals surface area contributed by atoms with Crippen molar-refractivity contribution in [1.29, 1.82) is 0 Å². The lowest BCUT2D eigenvalue weighted by Crippen LogP contribution is -2.14. The van der Waals surface area contributed by atoms with Crippen molar-refractivity contribution in [3.63, 3.8) is 0 Å². The van der Waals surface area contributed by atoms with E-state index in [2.05, 4.69) is 25.8 Å². The summed E-state index contributed by atoms with van der Waals surface area (Å²) in [6.07, 6.45) is 1.84. The lowest BCUT2D eigenvalue weighted by Gasteiger charge is -2.20. The first-order valence-corrected chi connectivity index (χ1v) is 5.98. The molecule has 96 valence electrons. The molecule has 0 radical (unpaired) electrons. The van der Waals surface area contributed by atoms with Gasteiger partial charge in [-0.1, -0.05) is 20.8 Å². The van der Waals surface area contributed by atoms with Crippen LogP contribution in [0.3, 0.4) is 0 Å². The summed E-state index contributed by atoms with van der Waals surface area (Å²) in [6.45, 7) is 6.47. The molecule has 0 aliphatic carbocycles. The van der Waals surface area contributed by atoms with Crippen LogP contribution in [0.1, 0.15) is 26.5 Å². The summed E-state index contributed by atoms with van der Waals surface area (Å²) in [5.41, 5.74) is 1.07. The van der Waals surface area contributed by atoms with Crippen LogP contribution in [-0.4, -0.2) is 19.2 Å². The number of benzene rings is 1. The van der Waals surface area contributed by atoms with Crippen LogP contribution in [0.2, 0.25) is 0 Å². The highest BCUT2D eigenvalue weighted by atomic mass is 16.5. The minimum atomic E-state index is -0.000883. The zero-order valence-corrected chi connectivity index (χ0v) is 11.6. The molecule has 0 aliphatic rings. The number of pyridine rings is 1. The Morgan fingerprint density at radius 1 is 1.00 bits per heavy atom. The Balaban J connectivity index is 2.77. The van der Waals surface area contributed by atoms with Crippen LogP contribution < -0.4 is 9.47 Å². The van der Waals surface area contributed by atoms with Crippen LogP contribution in [-0.2, 0) is 5.41 Å². The van der Waals surface area contributed by atoms with Crippen molar-refractivity contribution in [2.24, 2.45) is 0 Å². The van der Waals surface area contributed by atoms with Gasteiger partial charge in [0.2, 0.25) is 0 Å². The molecule has 0 fully saturated rings. The molecule has 2 aromatic rings. The molecule has 3 nitrogen and oxygen atoms in total. The topological polar surface area (TPSA) is 31.4 Å². The highest BCUT2D eigenvalue weighted by Gasteiger charge is 2.19. The van der Waals surface area contributed by atoms with Crippen molar-refractivity contribution < 1.29 is 9.47 Å². The number of rotatable bonds is 2. The Labute approximate surface area is 108 Å². The number of ether oxygens (including phenoxy) is 2. The van der Waals surface area contributed by atoms with Crippen molar-refractivity contribution in [2.45, 2.75) is 26.2 Å². The van der Waals surface area contributed by atoms with Gasteiger partial charge in [-0.15, -0.1) is 0 Å². The first-order valence-electron chi connectivity index (χ1n) is 5.98. The van der Waals surface area contributed by atoms with Gasteiger partial charge in [-0.05, 0) is 23.6 Å². The fourth-order valence-electron chi connectivity index (χ4n) is 2.10. The maximum Gasteiger partial charge on any atom is 0.161 e. The van der Waals surface area contributed by atoms with E-state index < -0.39 is 0 Å². The molecule has 1 heterocycles. The van der Waals surface area contributed by atoms with Crippen molar-refractivity contribution in [1.82, 2.24) is 4.98 Å². The standard InChI is InChI=1S/C15H19NO2/c1-15(2,3)14-11-9-13(18-5)12(17-4)8-10(11)6-7-16-14/h6-9H,1-5H3. The minimum Gasteiger partial charge on any atom is -0.493 e. The number of nitrogens with zero attached hydrogens (tertiary/aromatic N) is 1. The zero-order valence-electron chi connectivity index (χ0n) is 11.6. The normalized spacial score (nSPS) is 11.6.